The van der Waals surface area contributed by atoms with Gasteiger partial charge in [0, 0.05) is 21.7 Å². The van der Waals surface area contributed by atoms with Crippen LogP contribution in [0, 0.1) is 13.7 Å². The van der Waals surface area contributed by atoms with Crippen LogP contribution < -0.4 is 14.4 Å². The standard InChI is InChI=1S/C25H17ClIN3O7/c26-18-7-2-15(10-19(18)30(34)35)24(32)28(12-14-1-8-21-22(9-14)37-13-36-21)20-11-23(31)29(25(20)33)17-5-3-16(27)4-6-17/h1-10,20H,11-13H2. The van der Waals surface area contributed by atoms with Crippen molar-refractivity contribution in [3.63, 3.8) is 0 Å². The summed E-state index contributed by atoms with van der Waals surface area (Å²) in [6.45, 7) is 0.00652. The lowest BCUT2D eigenvalue weighted by molar-refractivity contribution is -0.384. The van der Waals surface area contributed by atoms with E-state index in [4.69, 9.17) is 21.1 Å². The summed E-state index contributed by atoms with van der Waals surface area (Å²) in [7, 11) is 0. The summed E-state index contributed by atoms with van der Waals surface area (Å²) in [5.41, 5.74) is 0.541. The minimum atomic E-state index is -1.13. The molecule has 3 amide bonds. The maximum atomic E-state index is 13.7. The molecule has 188 valence electrons. The molecular weight excluding hydrogens is 617 g/mol. The van der Waals surface area contributed by atoms with Crippen LogP contribution in [0.4, 0.5) is 11.4 Å². The number of benzene rings is 3. The van der Waals surface area contributed by atoms with Gasteiger partial charge >= 0.3 is 0 Å². The largest absolute Gasteiger partial charge is 0.454 e. The van der Waals surface area contributed by atoms with Gasteiger partial charge in [0.15, 0.2) is 11.5 Å². The molecule has 0 N–H and O–H groups in total. The summed E-state index contributed by atoms with van der Waals surface area (Å²) in [6, 6.07) is 14.5. The molecule has 0 radical (unpaired) electrons. The van der Waals surface area contributed by atoms with Crippen LogP contribution in [-0.4, -0.2) is 40.4 Å². The van der Waals surface area contributed by atoms with Crippen molar-refractivity contribution in [2.45, 2.75) is 19.0 Å². The minimum absolute atomic E-state index is 0.0372. The zero-order valence-electron chi connectivity index (χ0n) is 18.9. The first-order chi connectivity index (χ1) is 17.7. The Morgan fingerprint density at radius 2 is 1.81 bits per heavy atom. The second-order valence-corrected chi connectivity index (χ2v) is 9.96. The number of nitrogens with zero attached hydrogens (tertiary/aromatic N) is 3. The Morgan fingerprint density at radius 1 is 1.08 bits per heavy atom. The van der Waals surface area contributed by atoms with E-state index in [1.54, 1.807) is 42.5 Å². The minimum Gasteiger partial charge on any atom is -0.454 e. The van der Waals surface area contributed by atoms with Crippen molar-refractivity contribution in [1.29, 1.82) is 0 Å². The summed E-state index contributed by atoms with van der Waals surface area (Å²) in [4.78, 5) is 53.2. The highest BCUT2D eigenvalue weighted by Crippen LogP contribution is 2.35. The van der Waals surface area contributed by atoms with E-state index in [0.717, 1.165) is 14.5 Å². The van der Waals surface area contributed by atoms with E-state index in [0.29, 0.717) is 22.7 Å². The summed E-state index contributed by atoms with van der Waals surface area (Å²) in [5, 5.41) is 11.3. The molecule has 2 aliphatic heterocycles. The number of fused-ring (bicyclic) bond motifs is 1. The molecule has 12 heteroatoms. The average molecular weight is 634 g/mol. The number of ether oxygens (including phenoxy) is 2. The lowest BCUT2D eigenvalue weighted by atomic mass is 10.1. The fraction of sp³-hybridized carbons (Fsp3) is 0.160. The molecule has 3 aromatic rings. The second-order valence-electron chi connectivity index (χ2n) is 8.31. The average Bonchev–Trinajstić information content (AvgIpc) is 3.46. The molecule has 37 heavy (non-hydrogen) atoms. The van der Waals surface area contributed by atoms with Gasteiger partial charge in [-0.3, -0.25) is 24.5 Å². The number of anilines is 1. The van der Waals surface area contributed by atoms with Crippen LogP contribution >= 0.6 is 34.2 Å². The maximum absolute atomic E-state index is 13.7. The van der Waals surface area contributed by atoms with Crippen molar-refractivity contribution in [2.24, 2.45) is 0 Å². The van der Waals surface area contributed by atoms with Gasteiger partial charge in [-0.2, -0.15) is 0 Å². The van der Waals surface area contributed by atoms with Gasteiger partial charge in [0.1, 0.15) is 11.1 Å². The molecule has 0 spiro atoms. The number of carbonyl (C=O) groups is 3. The predicted octanol–water partition coefficient (Wildman–Crippen LogP) is 4.56. The number of carbonyl (C=O) groups excluding carboxylic acids is 3. The summed E-state index contributed by atoms with van der Waals surface area (Å²) in [5.74, 6) is -0.646. The molecule has 1 saturated heterocycles. The molecule has 0 saturated carbocycles. The monoisotopic (exact) mass is 633 g/mol. The number of nitro groups is 1. The Morgan fingerprint density at radius 3 is 2.54 bits per heavy atom. The number of amides is 3. The molecule has 2 aliphatic rings. The van der Waals surface area contributed by atoms with Crippen molar-refractivity contribution in [2.75, 3.05) is 11.7 Å². The van der Waals surface area contributed by atoms with Crippen molar-refractivity contribution in [3.05, 3.63) is 90.5 Å². The third kappa shape index (κ3) is 4.83. The highest BCUT2D eigenvalue weighted by molar-refractivity contribution is 14.1. The molecular formula is C25H17ClIN3O7. The Balaban J connectivity index is 1.52. The van der Waals surface area contributed by atoms with Crippen LogP contribution in [0.25, 0.3) is 0 Å². The number of nitro benzene ring substituents is 1. The third-order valence-electron chi connectivity index (χ3n) is 6.02. The molecule has 1 fully saturated rings. The first kappa shape index (κ1) is 25.0. The first-order valence-corrected chi connectivity index (χ1v) is 12.4. The van der Waals surface area contributed by atoms with E-state index in [1.165, 1.54) is 17.0 Å². The van der Waals surface area contributed by atoms with E-state index in [-0.39, 0.29) is 30.3 Å². The highest BCUT2D eigenvalue weighted by Gasteiger charge is 2.44. The molecule has 0 aromatic heterocycles. The van der Waals surface area contributed by atoms with Crippen molar-refractivity contribution >= 4 is 63.3 Å². The molecule has 5 rings (SSSR count). The van der Waals surface area contributed by atoms with Gasteiger partial charge in [0.05, 0.1) is 17.0 Å². The van der Waals surface area contributed by atoms with E-state index in [1.807, 2.05) is 0 Å². The van der Waals surface area contributed by atoms with Gasteiger partial charge in [0.2, 0.25) is 12.7 Å². The molecule has 0 bridgehead atoms. The summed E-state index contributed by atoms with van der Waals surface area (Å²) in [6.07, 6.45) is -0.239. The zero-order chi connectivity index (χ0) is 26.3. The van der Waals surface area contributed by atoms with Crippen molar-refractivity contribution in [3.8, 4) is 11.5 Å². The van der Waals surface area contributed by atoms with Crippen LogP contribution in [0.5, 0.6) is 11.5 Å². The van der Waals surface area contributed by atoms with E-state index in [9.17, 15) is 24.5 Å². The molecule has 1 atom stereocenters. The molecule has 1 unspecified atom stereocenters. The fourth-order valence-corrected chi connectivity index (χ4v) is 4.78. The van der Waals surface area contributed by atoms with Gasteiger partial charge in [0.25, 0.3) is 17.5 Å². The van der Waals surface area contributed by atoms with Crippen LogP contribution in [-0.2, 0) is 16.1 Å². The maximum Gasteiger partial charge on any atom is 0.288 e. The van der Waals surface area contributed by atoms with Crippen LogP contribution in [0.15, 0.2) is 60.7 Å². The number of imide groups is 1. The molecule has 0 aliphatic carbocycles. The summed E-state index contributed by atoms with van der Waals surface area (Å²) < 4.78 is 11.7. The van der Waals surface area contributed by atoms with Gasteiger partial charge < -0.3 is 14.4 Å². The van der Waals surface area contributed by atoms with Gasteiger partial charge in [-0.25, -0.2) is 4.90 Å². The lowest BCUT2D eigenvalue weighted by Gasteiger charge is -2.28. The summed E-state index contributed by atoms with van der Waals surface area (Å²) >= 11 is 8.05. The number of rotatable bonds is 6. The van der Waals surface area contributed by atoms with Crippen LogP contribution in [0.1, 0.15) is 22.3 Å². The van der Waals surface area contributed by atoms with Crippen LogP contribution in [0.3, 0.4) is 0 Å². The third-order valence-corrected chi connectivity index (χ3v) is 7.06. The van der Waals surface area contributed by atoms with Crippen molar-refractivity contribution in [1.82, 2.24) is 4.90 Å². The van der Waals surface area contributed by atoms with Gasteiger partial charge in [-0.05, 0) is 76.7 Å². The Kier molecular flexibility index (Phi) is 6.73. The van der Waals surface area contributed by atoms with E-state index < -0.39 is 34.4 Å². The van der Waals surface area contributed by atoms with Gasteiger partial charge in [-0.15, -0.1) is 0 Å². The Hall–Kier alpha value is -3.71. The topological polar surface area (TPSA) is 119 Å². The zero-order valence-corrected chi connectivity index (χ0v) is 21.8. The van der Waals surface area contributed by atoms with Crippen molar-refractivity contribution < 1.29 is 28.8 Å². The Labute approximate surface area is 229 Å². The normalized spacial score (nSPS) is 16.3. The number of hydrogen-bond acceptors (Lipinski definition) is 7. The number of halogens is 2. The molecule has 10 nitrogen and oxygen atoms in total. The second kappa shape index (κ2) is 9.98. The van der Waals surface area contributed by atoms with E-state index >= 15 is 0 Å². The number of hydrogen-bond donors (Lipinski definition) is 0. The lowest BCUT2D eigenvalue weighted by Crippen LogP contribution is -2.45. The molecule has 2 heterocycles. The van der Waals surface area contributed by atoms with E-state index in [2.05, 4.69) is 22.6 Å². The first-order valence-electron chi connectivity index (χ1n) is 11.0. The Bertz CT molecular complexity index is 1450. The van der Waals surface area contributed by atoms with Crippen LogP contribution in [0.2, 0.25) is 5.02 Å². The predicted molar refractivity (Wildman–Crippen MR) is 141 cm³/mol. The quantitative estimate of drug-likeness (QED) is 0.169. The molecule has 3 aromatic carbocycles. The smallest absolute Gasteiger partial charge is 0.288 e. The SMILES string of the molecule is O=C1CC(N(Cc2ccc3c(c2)OCO3)C(=O)c2ccc(Cl)c([N+](=O)[O-])c2)C(=O)N1c1ccc(I)cc1. The van der Waals surface area contributed by atoms with Gasteiger partial charge in [-0.1, -0.05) is 17.7 Å². The fourth-order valence-electron chi connectivity index (χ4n) is 4.23. The highest BCUT2D eigenvalue weighted by atomic mass is 127.